The number of hydrogen-bond donors (Lipinski definition) is 1. The molecular formula is C31H32N2O4. The Bertz CT molecular complexity index is 1520. The van der Waals surface area contributed by atoms with Crippen LogP contribution in [0.4, 0.5) is 0 Å². The molecule has 1 fully saturated rings. The fraction of sp³-hybridized carbons (Fsp3) is 0.290. The number of furan rings is 1. The topological polar surface area (TPSA) is 85.8 Å². The monoisotopic (exact) mass is 496 g/mol. The maximum Gasteiger partial charge on any atom is 0.246 e. The predicted octanol–water partition coefficient (Wildman–Crippen LogP) is 6.09. The first-order valence-corrected chi connectivity index (χ1v) is 12.8. The van der Waals surface area contributed by atoms with Gasteiger partial charge in [-0.05, 0) is 67.7 Å². The fourth-order valence-corrected chi connectivity index (χ4v) is 5.26. The van der Waals surface area contributed by atoms with E-state index >= 15 is 0 Å². The Kier molecular flexibility index (Phi) is 6.74. The van der Waals surface area contributed by atoms with Crippen molar-refractivity contribution >= 4 is 39.1 Å². The van der Waals surface area contributed by atoms with Gasteiger partial charge in [-0.3, -0.25) is 9.59 Å². The van der Waals surface area contributed by atoms with E-state index in [4.69, 9.17) is 14.9 Å². The van der Waals surface area contributed by atoms with Crippen molar-refractivity contribution in [1.29, 1.82) is 0 Å². The zero-order chi connectivity index (χ0) is 26.1. The lowest BCUT2D eigenvalue weighted by Gasteiger charge is -2.30. The molecule has 5 rings (SSSR count). The molecule has 4 aromatic rings. The number of carbonyl (C=O) groups excluding carboxylic acids is 2. The fourth-order valence-electron chi connectivity index (χ4n) is 5.26. The summed E-state index contributed by atoms with van der Waals surface area (Å²) in [5, 5.41) is 3.33. The molecule has 0 spiro atoms. The summed E-state index contributed by atoms with van der Waals surface area (Å²) in [5.41, 5.74) is 10.9. The van der Waals surface area contributed by atoms with E-state index in [1.165, 1.54) is 10.8 Å². The summed E-state index contributed by atoms with van der Waals surface area (Å²) < 4.78 is 12.1. The van der Waals surface area contributed by atoms with Gasteiger partial charge >= 0.3 is 0 Å². The minimum Gasteiger partial charge on any atom is -0.493 e. The molecule has 6 nitrogen and oxygen atoms in total. The molecule has 37 heavy (non-hydrogen) atoms. The van der Waals surface area contributed by atoms with Gasteiger partial charge in [-0.2, -0.15) is 0 Å². The van der Waals surface area contributed by atoms with Gasteiger partial charge in [-0.15, -0.1) is 0 Å². The van der Waals surface area contributed by atoms with Crippen molar-refractivity contribution in [2.45, 2.75) is 33.6 Å². The second kappa shape index (κ2) is 10.1. The van der Waals surface area contributed by atoms with Crippen molar-refractivity contribution in [3.8, 4) is 16.9 Å². The molecule has 2 N–H and O–H groups in total. The minimum absolute atomic E-state index is 0.0671. The molecule has 0 radical (unpaired) electrons. The molecule has 1 aromatic heterocycles. The number of nitrogens with zero attached hydrogens (tertiary/aromatic N) is 1. The molecule has 190 valence electrons. The molecule has 1 saturated heterocycles. The Balaban J connectivity index is 1.54. The number of rotatable bonds is 6. The van der Waals surface area contributed by atoms with Crippen LogP contribution in [-0.4, -0.2) is 36.4 Å². The van der Waals surface area contributed by atoms with Crippen LogP contribution in [-0.2, 0) is 9.59 Å². The van der Waals surface area contributed by atoms with Crippen LogP contribution >= 0.6 is 0 Å². The summed E-state index contributed by atoms with van der Waals surface area (Å²) in [4.78, 5) is 26.4. The highest BCUT2D eigenvalue weighted by atomic mass is 16.5. The number of primary amides is 1. The molecule has 0 saturated carbocycles. The van der Waals surface area contributed by atoms with Gasteiger partial charge in [-0.1, -0.05) is 36.4 Å². The number of amides is 2. The van der Waals surface area contributed by atoms with Crippen LogP contribution in [0.1, 0.15) is 37.8 Å². The maximum absolute atomic E-state index is 13.1. The van der Waals surface area contributed by atoms with E-state index in [1.807, 2.05) is 32.9 Å². The minimum atomic E-state index is -0.286. The average Bonchev–Trinajstić information content (AvgIpc) is 3.34. The summed E-state index contributed by atoms with van der Waals surface area (Å²) in [6, 6.07) is 16.8. The molecule has 2 heterocycles. The Labute approximate surface area is 216 Å². The molecule has 3 aromatic carbocycles. The second-order valence-electron chi connectivity index (χ2n) is 9.73. The highest BCUT2D eigenvalue weighted by Gasteiger charge is 2.26. The third-order valence-corrected chi connectivity index (χ3v) is 7.37. The smallest absolute Gasteiger partial charge is 0.246 e. The van der Waals surface area contributed by atoms with Crippen LogP contribution in [0.3, 0.4) is 0 Å². The highest BCUT2D eigenvalue weighted by molar-refractivity contribution is 6.02. The molecule has 0 aliphatic carbocycles. The SMILES string of the molecule is CCOc1c(/C(C)=C/C(=O)N2CCC(C(N)=O)CC2)cc2c(-c3ccc4ccccc4c3)coc2c1C. The Morgan fingerprint density at radius 1 is 1.11 bits per heavy atom. The van der Waals surface area contributed by atoms with Gasteiger partial charge in [0.1, 0.15) is 11.3 Å². The number of piperidine rings is 1. The molecule has 1 aliphatic heterocycles. The van der Waals surface area contributed by atoms with Gasteiger partial charge in [0.25, 0.3) is 0 Å². The highest BCUT2D eigenvalue weighted by Crippen LogP contribution is 2.41. The summed E-state index contributed by atoms with van der Waals surface area (Å²) >= 11 is 0. The lowest BCUT2D eigenvalue weighted by molar-refractivity contribution is -0.130. The number of fused-ring (bicyclic) bond motifs is 2. The van der Waals surface area contributed by atoms with Gasteiger partial charge in [0.15, 0.2) is 0 Å². The number of hydrogen-bond acceptors (Lipinski definition) is 4. The van der Waals surface area contributed by atoms with Crippen molar-refractivity contribution in [1.82, 2.24) is 4.90 Å². The number of likely N-dealkylation sites (tertiary alicyclic amines) is 1. The Morgan fingerprint density at radius 2 is 1.84 bits per heavy atom. The first kappa shape index (κ1) is 24.6. The molecule has 1 aliphatic rings. The van der Waals surface area contributed by atoms with Gasteiger partial charge in [-0.25, -0.2) is 0 Å². The van der Waals surface area contributed by atoms with Crippen LogP contribution < -0.4 is 10.5 Å². The normalized spacial score (nSPS) is 14.9. The van der Waals surface area contributed by atoms with E-state index in [-0.39, 0.29) is 17.7 Å². The zero-order valence-electron chi connectivity index (χ0n) is 21.5. The quantitative estimate of drug-likeness (QED) is 0.328. The van der Waals surface area contributed by atoms with Crippen LogP contribution in [0.5, 0.6) is 5.75 Å². The number of benzene rings is 3. The van der Waals surface area contributed by atoms with E-state index in [0.29, 0.717) is 32.5 Å². The van der Waals surface area contributed by atoms with Crippen LogP contribution in [0.25, 0.3) is 38.4 Å². The molecule has 2 amide bonds. The van der Waals surface area contributed by atoms with Crippen molar-refractivity contribution in [3.63, 3.8) is 0 Å². The van der Waals surface area contributed by atoms with Crippen molar-refractivity contribution in [2.75, 3.05) is 19.7 Å². The molecule has 0 atom stereocenters. The van der Waals surface area contributed by atoms with Gasteiger partial charge in [0, 0.05) is 47.2 Å². The van der Waals surface area contributed by atoms with E-state index in [9.17, 15) is 9.59 Å². The number of aryl methyl sites for hydroxylation is 1. The number of allylic oxidation sites excluding steroid dienone is 1. The van der Waals surface area contributed by atoms with E-state index < -0.39 is 0 Å². The first-order chi connectivity index (χ1) is 17.9. The second-order valence-corrected chi connectivity index (χ2v) is 9.73. The zero-order valence-corrected chi connectivity index (χ0v) is 21.5. The number of carbonyl (C=O) groups is 2. The van der Waals surface area contributed by atoms with Gasteiger partial charge in [0.2, 0.25) is 11.8 Å². The van der Waals surface area contributed by atoms with Crippen LogP contribution in [0, 0.1) is 12.8 Å². The lowest BCUT2D eigenvalue weighted by Crippen LogP contribution is -2.41. The standard InChI is InChI=1S/C31H32N2O4/c1-4-36-29-20(3)30-26(27(18-37-30)24-10-9-21-7-5-6-8-23(21)16-24)17-25(29)19(2)15-28(34)33-13-11-22(12-14-33)31(32)35/h5-10,15-18,22H,4,11-14H2,1-3H3,(H2,32,35)/b19-15+. The molecule has 0 unspecified atom stereocenters. The van der Waals surface area contributed by atoms with Crippen LogP contribution in [0.2, 0.25) is 0 Å². The number of nitrogens with two attached hydrogens (primary N) is 1. The van der Waals surface area contributed by atoms with Gasteiger partial charge < -0.3 is 19.8 Å². The maximum atomic E-state index is 13.1. The third kappa shape index (κ3) is 4.71. The molecular weight excluding hydrogens is 464 g/mol. The van der Waals surface area contributed by atoms with Crippen LogP contribution in [0.15, 0.2) is 65.3 Å². The summed E-state index contributed by atoms with van der Waals surface area (Å²) in [5.74, 6) is 0.218. The van der Waals surface area contributed by atoms with E-state index in [0.717, 1.165) is 44.5 Å². The van der Waals surface area contributed by atoms with Crippen molar-refractivity contribution in [2.24, 2.45) is 11.7 Å². The van der Waals surface area contributed by atoms with Gasteiger partial charge in [0.05, 0.1) is 12.9 Å². The molecule has 6 heteroatoms. The lowest BCUT2D eigenvalue weighted by atomic mass is 9.94. The van der Waals surface area contributed by atoms with Crippen molar-refractivity contribution < 1.29 is 18.7 Å². The van der Waals surface area contributed by atoms with E-state index in [1.54, 1.807) is 17.2 Å². The third-order valence-electron chi connectivity index (χ3n) is 7.37. The van der Waals surface area contributed by atoms with E-state index in [2.05, 4.69) is 36.4 Å². The largest absolute Gasteiger partial charge is 0.493 e. The Morgan fingerprint density at radius 3 is 2.54 bits per heavy atom. The van der Waals surface area contributed by atoms with Crippen molar-refractivity contribution in [3.05, 3.63) is 72.0 Å². The first-order valence-electron chi connectivity index (χ1n) is 12.8. The summed E-state index contributed by atoms with van der Waals surface area (Å²) in [6.45, 7) is 7.44. The predicted molar refractivity (Wildman–Crippen MR) is 147 cm³/mol. The average molecular weight is 497 g/mol. The number of ether oxygens (including phenoxy) is 1. The molecule has 0 bridgehead atoms. The Hall–Kier alpha value is -4.06. The summed E-state index contributed by atoms with van der Waals surface area (Å²) in [7, 11) is 0. The summed E-state index contributed by atoms with van der Waals surface area (Å²) in [6.07, 6.45) is 4.68.